The Bertz CT molecular complexity index is 790. The molecule has 3 rings (SSSR count). The molecule has 4 nitrogen and oxygen atoms in total. The maximum absolute atomic E-state index is 10.3. The average Bonchev–Trinajstić information content (AvgIpc) is 2.64. The van der Waals surface area contributed by atoms with Crippen LogP contribution in [-0.2, 0) is 11.2 Å². The first kappa shape index (κ1) is 21.1. The molecule has 2 aromatic rings. The van der Waals surface area contributed by atoms with E-state index in [0.717, 1.165) is 22.4 Å². The molecule has 1 heterocycles. The van der Waals surface area contributed by atoms with Crippen molar-refractivity contribution in [2.24, 2.45) is 0 Å². The lowest BCUT2D eigenvalue weighted by Gasteiger charge is -2.43. The summed E-state index contributed by atoms with van der Waals surface area (Å²) >= 11 is 6.45. The largest absolute Gasteiger partial charge is 0.494 e. The molecule has 0 spiro atoms. The third-order valence-electron chi connectivity index (χ3n) is 5.49. The number of aliphatic hydroxyl groups is 2. The second-order valence-electron chi connectivity index (χ2n) is 7.79. The van der Waals surface area contributed by atoms with Crippen molar-refractivity contribution in [1.29, 1.82) is 0 Å². The number of hydrogen-bond donors (Lipinski definition) is 2. The molecule has 1 aliphatic rings. The van der Waals surface area contributed by atoms with Gasteiger partial charge in [-0.2, -0.15) is 0 Å². The van der Waals surface area contributed by atoms with Gasteiger partial charge in [-0.1, -0.05) is 35.9 Å². The molecule has 2 aromatic carbocycles. The summed E-state index contributed by atoms with van der Waals surface area (Å²) in [6.07, 6.45) is 0.172. The topological polar surface area (TPSA) is 58.9 Å². The van der Waals surface area contributed by atoms with E-state index in [-0.39, 0.29) is 6.10 Å². The van der Waals surface area contributed by atoms with Crippen molar-refractivity contribution >= 4 is 11.6 Å². The Morgan fingerprint density at radius 1 is 1.25 bits per heavy atom. The molecule has 0 aliphatic carbocycles. The Morgan fingerprint density at radius 3 is 2.61 bits per heavy atom. The van der Waals surface area contributed by atoms with Gasteiger partial charge in [-0.25, -0.2) is 0 Å². The molecule has 28 heavy (non-hydrogen) atoms. The number of ether oxygens (including phenoxy) is 2. The molecule has 2 N–H and O–H groups in total. The predicted octanol–water partition coefficient (Wildman–Crippen LogP) is 4.68. The summed E-state index contributed by atoms with van der Waals surface area (Å²) in [7, 11) is 0. The molecule has 1 aliphatic heterocycles. The zero-order valence-electron chi connectivity index (χ0n) is 16.7. The van der Waals surface area contributed by atoms with E-state index < -0.39 is 17.8 Å². The third-order valence-corrected chi connectivity index (χ3v) is 5.86. The van der Waals surface area contributed by atoms with Crippen LogP contribution in [0.3, 0.4) is 0 Å². The minimum absolute atomic E-state index is 0.278. The molecular weight excluding hydrogens is 376 g/mol. The van der Waals surface area contributed by atoms with Crippen LogP contribution in [0.15, 0.2) is 42.5 Å². The fourth-order valence-corrected chi connectivity index (χ4v) is 3.90. The van der Waals surface area contributed by atoms with Crippen molar-refractivity contribution in [3.8, 4) is 5.75 Å². The minimum atomic E-state index is -0.767. The molecule has 0 saturated carbocycles. The van der Waals surface area contributed by atoms with Crippen LogP contribution < -0.4 is 4.74 Å². The molecule has 0 amide bonds. The average molecular weight is 405 g/mol. The van der Waals surface area contributed by atoms with E-state index in [1.165, 1.54) is 0 Å². The van der Waals surface area contributed by atoms with Crippen LogP contribution in [0.25, 0.3) is 0 Å². The van der Waals surface area contributed by atoms with Gasteiger partial charge in [-0.05, 0) is 62.1 Å². The van der Waals surface area contributed by atoms with E-state index in [0.29, 0.717) is 30.9 Å². The van der Waals surface area contributed by atoms with Gasteiger partial charge in [0.1, 0.15) is 5.75 Å². The number of hydrogen-bond acceptors (Lipinski definition) is 4. The second kappa shape index (κ2) is 8.83. The molecule has 1 saturated heterocycles. The highest BCUT2D eigenvalue weighted by molar-refractivity contribution is 6.31. The summed E-state index contributed by atoms with van der Waals surface area (Å²) < 4.78 is 11.7. The highest BCUT2D eigenvalue weighted by atomic mass is 35.5. The standard InChI is InChI=1S/C23H29ClO4/c1-4-27-20-8-5-16(6-9-20)11-18-12-17(7-10-21(18)24)22-13-19(26)14-23(3,28-22)15(2)25/h5-10,12,15,19,22,25-26H,4,11,13-14H2,1-3H3. The van der Waals surface area contributed by atoms with Crippen LogP contribution in [-0.4, -0.2) is 34.6 Å². The van der Waals surface area contributed by atoms with Gasteiger partial charge < -0.3 is 19.7 Å². The van der Waals surface area contributed by atoms with Gasteiger partial charge in [0.05, 0.1) is 30.5 Å². The van der Waals surface area contributed by atoms with Crippen LogP contribution in [0.2, 0.25) is 5.02 Å². The van der Waals surface area contributed by atoms with Crippen LogP contribution in [0.1, 0.15) is 56.4 Å². The highest BCUT2D eigenvalue weighted by Gasteiger charge is 2.41. The Labute approximate surface area is 172 Å². The molecule has 152 valence electrons. The Kier molecular flexibility index (Phi) is 6.66. The molecule has 0 bridgehead atoms. The molecule has 4 unspecified atom stereocenters. The zero-order chi connectivity index (χ0) is 20.3. The van der Waals surface area contributed by atoms with E-state index in [2.05, 4.69) is 0 Å². The van der Waals surface area contributed by atoms with E-state index >= 15 is 0 Å². The predicted molar refractivity (Wildman–Crippen MR) is 111 cm³/mol. The first-order valence-electron chi connectivity index (χ1n) is 9.84. The first-order valence-corrected chi connectivity index (χ1v) is 10.2. The van der Waals surface area contributed by atoms with Gasteiger partial charge in [0.25, 0.3) is 0 Å². The summed E-state index contributed by atoms with van der Waals surface area (Å²) in [6, 6.07) is 13.9. The van der Waals surface area contributed by atoms with Crippen molar-refractivity contribution in [3.63, 3.8) is 0 Å². The zero-order valence-corrected chi connectivity index (χ0v) is 17.4. The summed E-state index contributed by atoms with van der Waals surface area (Å²) in [5.41, 5.74) is 2.35. The van der Waals surface area contributed by atoms with Gasteiger partial charge >= 0.3 is 0 Å². The lowest BCUT2D eigenvalue weighted by Crippen LogP contribution is -2.48. The van der Waals surface area contributed by atoms with Gasteiger partial charge in [0, 0.05) is 17.9 Å². The fourth-order valence-electron chi connectivity index (χ4n) is 3.71. The summed E-state index contributed by atoms with van der Waals surface area (Å²) in [6.45, 7) is 6.16. The van der Waals surface area contributed by atoms with Gasteiger partial charge in [-0.3, -0.25) is 0 Å². The number of aliphatic hydroxyl groups excluding tert-OH is 2. The monoisotopic (exact) mass is 404 g/mol. The Hall–Kier alpha value is -1.59. The van der Waals surface area contributed by atoms with Crippen LogP contribution in [0.4, 0.5) is 0 Å². The first-order chi connectivity index (χ1) is 13.3. The Balaban J connectivity index is 1.81. The van der Waals surface area contributed by atoms with Crippen LogP contribution >= 0.6 is 11.6 Å². The van der Waals surface area contributed by atoms with Crippen molar-refractivity contribution in [2.75, 3.05) is 6.61 Å². The molecule has 4 atom stereocenters. The van der Waals surface area contributed by atoms with Gasteiger partial charge in [0.15, 0.2) is 0 Å². The van der Waals surface area contributed by atoms with Crippen molar-refractivity contribution in [1.82, 2.24) is 0 Å². The second-order valence-corrected chi connectivity index (χ2v) is 8.20. The fraction of sp³-hybridized carbons (Fsp3) is 0.478. The summed E-state index contributed by atoms with van der Waals surface area (Å²) in [5.74, 6) is 0.855. The quantitative estimate of drug-likeness (QED) is 0.733. The van der Waals surface area contributed by atoms with Crippen LogP contribution in [0.5, 0.6) is 5.75 Å². The third kappa shape index (κ3) is 4.87. The molecular formula is C23H29ClO4. The van der Waals surface area contributed by atoms with Gasteiger partial charge in [-0.15, -0.1) is 0 Å². The normalized spacial score (nSPS) is 26.1. The lowest BCUT2D eigenvalue weighted by molar-refractivity contribution is -0.195. The smallest absolute Gasteiger partial charge is 0.119 e. The maximum atomic E-state index is 10.3. The molecule has 1 fully saturated rings. The number of rotatable bonds is 6. The number of benzene rings is 2. The van der Waals surface area contributed by atoms with E-state index in [1.807, 2.05) is 56.3 Å². The highest BCUT2D eigenvalue weighted by Crippen LogP contribution is 2.40. The Morgan fingerprint density at radius 2 is 1.96 bits per heavy atom. The maximum Gasteiger partial charge on any atom is 0.119 e. The SMILES string of the molecule is CCOc1ccc(Cc2cc(C3CC(O)CC(C)(C(C)O)O3)ccc2Cl)cc1. The summed E-state index contributed by atoms with van der Waals surface area (Å²) in [4.78, 5) is 0. The van der Waals surface area contributed by atoms with E-state index in [4.69, 9.17) is 21.1 Å². The van der Waals surface area contributed by atoms with Gasteiger partial charge in [0.2, 0.25) is 0 Å². The minimum Gasteiger partial charge on any atom is -0.494 e. The summed E-state index contributed by atoms with van der Waals surface area (Å²) in [5, 5.41) is 21.1. The molecule has 0 aromatic heterocycles. The van der Waals surface area contributed by atoms with E-state index in [1.54, 1.807) is 6.92 Å². The molecule has 5 heteroatoms. The van der Waals surface area contributed by atoms with Crippen molar-refractivity contribution in [3.05, 3.63) is 64.2 Å². The number of halogens is 1. The molecule has 0 radical (unpaired) electrons. The van der Waals surface area contributed by atoms with E-state index in [9.17, 15) is 10.2 Å². The van der Waals surface area contributed by atoms with Crippen molar-refractivity contribution in [2.45, 2.75) is 63.9 Å². The van der Waals surface area contributed by atoms with Crippen molar-refractivity contribution < 1.29 is 19.7 Å². The lowest BCUT2D eigenvalue weighted by atomic mass is 9.85. The van der Waals surface area contributed by atoms with Crippen LogP contribution in [0, 0.1) is 0 Å².